The number of H-pyrrole nitrogens is 1. The van der Waals surface area contributed by atoms with Crippen LogP contribution in [0.25, 0.3) is 11.4 Å². The maximum absolute atomic E-state index is 12.1. The van der Waals surface area contributed by atoms with Gasteiger partial charge >= 0.3 is 0 Å². The van der Waals surface area contributed by atoms with Crippen molar-refractivity contribution in [3.63, 3.8) is 0 Å². The molecule has 144 valence electrons. The lowest BCUT2D eigenvalue weighted by molar-refractivity contribution is -0.118. The minimum absolute atomic E-state index is 0.0821. The highest BCUT2D eigenvalue weighted by atomic mass is 32.2. The molecule has 1 aliphatic heterocycles. The number of carbonyl (C=O) groups excluding carboxylic acids is 1. The van der Waals surface area contributed by atoms with Crippen LogP contribution in [0.2, 0.25) is 0 Å². The highest BCUT2D eigenvalue weighted by Crippen LogP contribution is 2.32. The summed E-state index contributed by atoms with van der Waals surface area (Å²) in [5.74, 6) is 2.31. The van der Waals surface area contributed by atoms with Crippen molar-refractivity contribution in [2.45, 2.75) is 25.0 Å². The second kappa shape index (κ2) is 8.35. The van der Waals surface area contributed by atoms with Gasteiger partial charge in [-0.05, 0) is 29.7 Å². The number of ether oxygens (including phenoxy) is 2. The largest absolute Gasteiger partial charge is 0.454 e. The van der Waals surface area contributed by atoms with Gasteiger partial charge in [0.2, 0.25) is 17.9 Å². The van der Waals surface area contributed by atoms with Gasteiger partial charge in [-0.1, -0.05) is 49.0 Å². The highest BCUT2D eigenvalue weighted by Gasteiger charge is 2.14. The Kier molecular flexibility index (Phi) is 5.48. The molecular formula is C20H20N4O3S. The number of amides is 1. The zero-order chi connectivity index (χ0) is 19.3. The Labute approximate surface area is 166 Å². The van der Waals surface area contributed by atoms with E-state index in [1.165, 1.54) is 17.3 Å². The summed E-state index contributed by atoms with van der Waals surface area (Å²) >= 11 is 1.30. The van der Waals surface area contributed by atoms with Crippen molar-refractivity contribution in [3.8, 4) is 22.9 Å². The van der Waals surface area contributed by atoms with Gasteiger partial charge in [0.15, 0.2) is 17.3 Å². The molecule has 0 saturated heterocycles. The summed E-state index contributed by atoms with van der Waals surface area (Å²) in [7, 11) is 0. The first kappa shape index (κ1) is 18.4. The first-order valence-corrected chi connectivity index (χ1v) is 9.99. The maximum Gasteiger partial charge on any atom is 0.231 e. The van der Waals surface area contributed by atoms with Crippen molar-refractivity contribution >= 4 is 17.7 Å². The van der Waals surface area contributed by atoms with Crippen LogP contribution in [-0.2, 0) is 17.8 Å². The molecule has 0 bridgehead atoms. The van der Waals surface area contributed by atoms with E-state index in [0.29, 0.717) is 23.3 Å². The average Bonchev–Trinajstić information content (AvgIpc) is 3.39. The predicted molar refractivity (Wildman–Crippen MR) is 106 cm³/mol. The van der Waals surface area contributed by atoms with Crippen molar-refractivity contribution in [3.05, 3.63) is 53.6 Å². The summed E-state index contributed by atoms with van der Waals surface area (Å²) in [6, 6.07) is 13.8. The quantitative estimate of drug-likeness (QED) is 0.597. The first-order chi connectivity index (χ1) is 13.7. The number of rotatable bonds is 7. The van der Waals surface area contributed by atoms with Gasteiger partial charge in [-0.25, -0.2) is 4.98 Å². The fourth-order valence-electron chi connectivity index (χ4n) is 2.77. The number of fused-ring (bicyclic) bond motifs is 1. The molecule has 0 aliphatic carbocycles. The number of benzene rings is 2. The van der Waals surface area contributed by atoms with Gasteiger partial charge in [0, 0.05) is 12.1 Å². The lowest BCUT2D eigenvalue weighted by Gasteiger charge is -2.05. The van der Waals surface area contributed by atoms with Crippen LogP contribution >= 0.6 is 11.8 Å². The van der Waals surface area contributed by atoms with Crippen molar-refractivity contribution in [1.82, 2.24) is 20.5 Å². The van der Waals surface area contributed by atoms with Crippen LogP contribution in [0.4, 0.5) is 0 Å². The molecule has 1 aliphatic rings. The number of aromatic amines is 1. The molecule has 0 unspecified atom stereocenters. The average molecular weight is 396 g/mol. The number of carbonyl (C=O) groups is 1. The summed E-state index contributed by atoms with van der Waals surface area (Å²) in [5, 5.41) is 10.5. The Hall–Kier alpha value is -3.00. The van der Waals surface area contributed by atoms with Gasteiger partial charge < -0.3 is 14.8 Å². The number of hydrogen-bond acceptors (Lipinski definition) is 6. The first-order valence-electron chi connectivity index (χ1n) is 9.01. The van der Waals surface area contributed by atoms with E-state index in [4.69, 9.17) is 9.47 Å². The van der Waals surface area contributed by atoms with E-state index in [1.807, 2.05) is 30.3 Å². The van der Waals surface area contributed by atoms with Crippen molar-refractivity contribution in [2.75, 3.05) is 12.5 Å². The van der Waals surface area contributed by atoms with Crippen LogP contribution in [0.3, 0.4) is 0 Å². The minimum atomic E-state index is -0.0821. The number of nitrogens with one attached hydrogen (secondary N) is 2. The third-order valence-electron chi connectivity index (χ3n) is 4.36. The Morgan fingerprint density at radius 2 is 1.93 bits per heavy atom. The second-order valence-electron chi connectivity index (χ2n) is 6.27. The van der Waals surface area contributed by atoms with E-state index in [2.05, 4.69) is 39.6 Å². The predicted octanol–water partition coefficient (Wildman–Crippen LogP) is 3.17. The van der Waals surface area contributed by atoms with E-state index in [-0.39, 0.29) is 18.5 Å². The molecule has 0 fully saturated rings. The topological polar surface area (TPSA) is 89.1 Å². The molecule has 0 atom stereocenters. The third kappa shape index (κ3) is 4.28. The molecule has 8 heteroatoms. The SMILES string of the molecule is CCc1ccc(-c2nc(SCC(=O)NCc3ccc4c(c3)OCO4)n[nH]2)cc1. The van der Waals surface area contributed by atoms with Crippen LogP contribution in [0.1, 0.15) is 18.1 Å². The molecule has 1 aromatic heterocycles. The normalized spacial score (nSPS) is 12.2. The smallest absolute Gasteiger partial charge is 0.231 e. The molecule has 4 rings (SSSR count). The van der Waals surface area contributed by atoms with Gasteiger partial charge in [-0.2, -0.15) is 0 Å². The van der Waals surface area contributed by atoms with Crippen molar-refractivity contribution in [2.24, 2.45) is 0 Å². The number of nitrogens with zero attached hydrogens (tertiary/aromatic N) is 2. The Morgan fingerprint density at radius 3 is 2.75 bits per heavy atom. The van der Waals surface area contributed by atoms with Crippen LogP contribution in [0.5, 0.6) is 11.5 Å². The van der Waals surface area contributed by atoms with E-state index in [1.54, 1.807) is 0 Å². The summed E-state index contributed by atoms with van der Waals surface area (Å²) in [6.45, 7) is 2.79. The van der Waals surface area contributed by atoms with Gasteiger partial charge in [0.1, 0.15) is 0 Å². The number of aromatic nitrogens is 3. The molecule has 1 amide bonds. The molecule has 0 radical (unpaired) electrons. The zero-order valence-corrected chi connectivity index (χ0v) is 16.2. The van der Waals surface area contributed by atoms with E-state index in [9.17, 15) is 4.79 Å². The fraction of sp³-hybridized carbons (Fsp3) is 0.250. The Balaban J connectivity index is 1.27. The summed E-state index contributed by atoms with van der Waals surface area (Å²) in [5.41, 5.74) is 3.21. The van der Waals surface area contributed by atoms with E-state index < -0.39 is 0 Å². The Bertz CT molecular complexity index is 972. The molecule has 0 saturated carbocycles. The van der Waals surface area contributed by atoms with Gasteiger partial charge in [0.25, 0.3) is 0 Å². The van der Waals surface area contributed by atoms with Gasteiger partial charge in [-0.3, -0.25) is 9.89 Å². The standard InChI is InChI=1S/C20H20N4O3S/c1-2-13-3-6-15(7-4-13)19-22-20(24-23-19)28-11-18(25)21-10-14-5-8-16-17(9-14)27-12-26-16/h3-9H,2,10-12H2,1H3,(H,21,25)(H,22,23,24). The monoisotopic (exact) mass is 396 g/mol. The van der Waals surface area contributed by atoms with Crippen LogP contribution in [0.15, 0.2) is 47.6 Å². The van der Waals surface area contributed by atoms with Gasteiger partial charge in [-0.15, -0.1) is 5.10 Å². The van der Waals surface area contributed by atoms with E-state index in [0.717, 1.165) is 23.3 Å². The third-order valence-corrected chi connectivity index (χ3v) is 5.21. The molecule has 7 nitrogen and oxygen atoms in total. The molecule has 3 aromatic rings. The fourth-order valence-corrected chi connectivity index (χ4v) is 3.40. The summed E-state index contributed by atoms with van der Waals surface area (Å²) < 4.78 is 10.6. The highest BCUT2D eigenvalue weighted by molar-refractivity contribution is 7.99. The van der Waals surface area contributed by atoms with Gasteiger partial charge in [0.05, 0.1) is 5.75 Å². The van der Waals surface area contributed by atoms with Crippen LogP contribution in [-0.4, -0.2) is 33.6 Å². The van der Waals surface area contributed by atoms with Crippen LogP contribution < -0.4 is 14.8 Å². The number of hydrogen-bond donors (Lipinski definition) is 2. The second-order valence-corrected chi connectivity index (χ2v) is 7.21. The van der Waals surface area contributed by atoms with Crippen LogP contribution in [0, 0.1) is 0 Å². The van der Waals surface area contributed by atoms with E-state index >= 15 is 0 Å². The number of thioether (sulfide) groups is 1. The molecule has 28 heavy (non-hydrogen) atoms. The maximum atomic E-state index is 12.1. The van der Waals surface area contributed by atoms with Crippen molar-refractivity contribution < 1.29 is 14.3 Å². The number of aryl methyl sites for hydroxylation is 1. The summed E-state index contributed by atoms with van der Waals surface area (Å²) in [6.07, 6.45) is 0.999. The lowest BCUT2D eigenvalue weighted by atomic mass is 10.1. The molecule has 2 heterocycles. The molecule has 2 aromatic carbocycles. The minimum Gasteiger partial charge on any atom is -0.454 e. The molecular weight excluding hydrogens is 376 g/mol. The lowest BCUT2D eigenvalue weighted by Crippen LogP contribution is -2.24. The molecule has 2 N–H and O–H groups in total. The summed E-state index contributed by atoms with van der Waals surface area (Å²) in [4.78, 5) is 16.6. The van der Waals surface area contributed by atoms with Crippen molar-refractivity contribution in [1.29, 1.82) is 0 Å². The Morgan fingerprint density at radius 1 is 1.14 bits per heavy atom. The zero-order valence-electron chi connectivity index (χ0n) is 15.4. The molecule has 0 spiro atoms.